The Kier molecular flexibility index (Phi) is 4.79. The van der Waals surface area contributed by atoms with Gasteiger partial charge in [-0.15, -0.1) is 0 Å². The van der Waals surface area contributed by atoms with Gasteiger partial charge in [-0.25, -0.2) is 8.42 Å². The topological polar surface area (TPSA) is 72.9 Å². The predicted molar refractivity (Wildman–Crippen MR) is 115 cm³/mol. The van der Waals surface area contributed by atoms with Crippen LogP contribution in [0.3, 0.4) is 0 Å². The number of carbonyl (C=O) groups excluding carboxylic acids is 1. The Labute approximate surface area is 181 Å². The van der Waals surface area contributed by atoms with Gasteiger partial charge < -0.3 is 9.47 Å². The second-order valence-electron chi connectivity index (χ2n) is 7.72. The van der Waals surface area contributed by atoms with Crippen molar-refractivity contribution in [2.75, 3.05) is 13.3 Å². The highest BCUT2D eigenvalue weighted by Crippen LogP contribution is 2.43. The summed E-state index contributed by atoms with van der Waals surface area (Å²) in [6.07, 6.45) is 0.482. The Morgan fingerprint density at radius 2 is 1.65 bits per heavy atom. The van der Waals surface area contributed by atoms with E-state index in [-0.39, 0.29) is 24.0 Å². The summed E-state index contributed by atoms with van der Waals surface area (Å²) in [5.74, 6) is 0.884. The number of fused-ring (bicyclic) bond motifs is 2. The summed E-state index contributed by atoms with van der Waals surface area (Å²) in [5, 5.41) is 0. The third-order valence-corrected chi connectivity index (χ3v) is 7.63. The van der Waals surface area contributed by atoms with Crippen LogP contribution < -0.4 is 9.47 Å². The van der Waals surface area contributed by atoms with E-state index in [1.165, 1.54) is 4.31 Å². The molecular formula is C24H21NO5S. The van der Waals surface area contributed by atoms with Gasteiger partial charge in [0.25, 0.3) is 0 Å². The first-order valence-corrected chi connectivity index (χ1v) is 11.5. The average Bonchev–Trinajstić information content (AvgIpc) is 3.24. The smallest absolute Gasteiger partial charge is 0.244 e. The molecule has 158 valence electrons. The van der Waals surface area contributed by atoms with Crippen LogP contribution in [0.5, 0.6) is 11.5 Å². The fraction of sp³-hybridized carbons (Fsp3) is 0.208. The minimum Gasteiger partial charge on any atom is -0.454 e. The third-order valence-electron chi connectivity index (χ3n) is 5.75. The van der Waals surface area contributed by atoms with Crippen LogP contribution in [-0.4, -0.2) is 31.8 Å². The number of carbonyl (C=O) groups is 1. The van der Waals surface area contributed by atoms with Gasteiger partial charge in [0.2, 0.25) is 16.8 Å². The lowest BCUT2D eigenvalue weighted by molar-refractivity contribution is 0.0887. The summed E-state index contributed by atoms with van der Waals surface area (Å²) in [4.78, 5) is 13.8. The van der Waals surface area contributed by atoms with Gasteiger partial charge in [-0.2, -0.15) is 4.31 Å². The predicted octanol–water partition coefficient (Wildman–Crippen LogP) is 3.89. The molecule has 2 heterocycles. The molecule has 0 saturated heterocycles. The first-order valence-electron chi connectivity index (χ1n) is 10.1. The number of hydrogen-bond acceptors (Lipinski definition) is 5. The SMILES string of the molecule is Cc1ccc(S(=O)(=O)N2CCc3cc4c(cc3C2C(=O)c2ccccc2)OCO4)cc1. The summed E-state index contributed by atoms with van der Waals surface area (Å²) in [7, 11) is -3.90. The number of benzene rings is 3. The van der Waals surface area contributed by atoms with Crippen LogP contribution in [0.25, 0.3) is 0 Å². The van der Waals surface area contributed by atoms with Crippen LogP contribution in [-0.2, 0) is 16.4 Å². The molecule has 3 aromatic carbocycles. The maximum absolute atomic E-state index is 13.6. The fourth-order valence-electron chi connectivity index (χ4n) is 4.12. The highest BCUT2D eigenvalue weighted by Gasteiger charge is 2.41. The number of hydrogen-bond donors (Lipinski definition) is 0. The number of Topliss-reactive ketones (excluding diaryl/α,β-unsaturated/α-hetero) is 1. The standard InChI is InChI=1S/C24H21NO5S/c1-16-7-9-19(10-8-16)31(27,28)25-12-11-18-13-21-22(30-15-29-21)14-20(18)23(25)24(26)17-5-3-2-4-6-17/h2-10,13-14,23H,11-12,15H2,1H3. The fourth-order valence-corrected chi connectivity index (χ4v) is 5.69. The minimum absolute atomic E-state index is 0.112. The van der Waals surface area contributed by atoms with E-state index in [9.17, 15) is 13.2 Å². The molecule has 6 nitrogen and oxygen atoms in total. The van der Waals surface area contributed by atoms with Crippen LogP contribution in [0, 0.1) is 6.92 Å². The van der Waals surface area contributed by atoms with E-state index in [1.807, 2.05) is 19.1 Å². The molecular weight excluding hydrogens is 414 g/mol. The Morgan fingerprint density at radius 1 is 0.968 bits per heavy atom. The van der Waals surface area contributed by atoms with E-state index in [0.29, 0.717) is 29.0 Å². The second kappa shape index (κ2) is 7.51. The monoisotopic (exact) mass is 435 g/mol. The Hall–Kier alpha value is -3.16. The summed E-state index contributed by atoms with van der Waals surface area (Å²) in [5.41, 5.74) is 2.96. The Bertz CT molecular complexity index is 1250. The van der Waals surface area contributed by atoms with E-state index in [4.69, 9.17) is 9.47 Å². The summed E-state index contributed by atoms with van der Waals surface area (Å²) >= 11 is 0. The van der Waals surface area contributed by atoms with E-state index in [0.717, 1.165) is 11.1 Å². The van der Waals surface area contributed by atoms with E-state index >= 15 is 0 Å². The summed E-state index contributed by atoms with van der Waals surface area (Å²) in [6, 6.07) is 18.1. The molecule has 0 bridgehead atoms. The second-order valence-corrected chi connectivity index (χ2v) is 9.61. The van der Waals surface area contributed by atoms with Crippen molar-refractivity contribution in [3.63, 3.8) is 0 Å². The highest BCUT2D eigenvalue weighted by atomic mass is 32.2. The quantitative estimate of drug-likeness (QED) is 0.582. The molecule has 7 heteroatoms. The normalized spacial score (nSPS) is 17.9. The molecule has 0 aromatic heterocycles. The molecule has 0 aliphatic carbocycles. The molecule has 0 N–H and O–H groups in total. The van der Waals surface area contributed by atoms with Crippen molar-refractivity contribution in [1.82, 2.24) is 4.31 Å². The number of rotatable bonds is 4. The maximum atomic E-state index is 13.6. The summed E-state index contributed by atoms with van der Waals surface area (Å²) < 4.78 is 39.5. The van der Waals surface area contributed by atoms with Crippen LogP contribution in [0.15, 0.2) is 71.6 Å². The average molecular weight is 436 g/mol. The third kappa shape index (κ3) is 3.40. The van der Waals surface area contributed by atoms with Crippen molar-refractivity contribution in [2.45, 2.75) is 24.3 Å². The molecule has 0 radical (unpaired) electrons. The molecule has 5 rings (SSSR count). The van der Waals surface area contributed by atoms with Gasteiger partial charge in [0.1, 0.15) is 6.04 Å². The Balaban J connectivity index is 1.65. The van der Waals surface area contributed by atoms with Crippen molar-refractivity contribution < 1.29 is 22.7 Å². The molecule has 2 aliphatic rings. The molecule has 0 saturated carbocycles. The first kappa shape index (κ1) is 19.8. The zero-order chi connectivity index (χ0) is 21.6. The number of nitrogens with zero attached hydrogens (tertiary/aromatic N) is 1. The van der Waals surface area contributed by atoms with Crippen LogP contribution >= 0.6 is 0 Å². The van der Waals surface area contributed by atoms with E-state index < -0.39 is 16.1 Å². The molecule has 1 atom stereocenters. The van der Waals surface area contributed by atoms with Gasteiger partial charge in [0.05, 0.1) is 4.90 Å². The molecule has 2 aliphatic heterocycles. The number of sulfonamides is 1. The highest BCUT2D eigenvalue weighted by molar-refractivity contribution is 7.89. The first-order chi connectivity index (χ1) is 14.9. The summed E-state index contributed by atoms with van der Waals surface area (Å²) in [6.45, 7) is 2.21. The van der Waals surface area contributed by atoms with Gasteiger partial charge in [0, 0.05) is 12.1 Å². The Morgan fingerprint density at radius 3 is 2.35 bits per heavy atom. The van der Waals surface area contributed by atoms with E-state index in [1.54, 1.807) is 54.6 Å². The number of ketones is 1. The minimum atomic E-state index is -3.90. The van der Waals surface area contributed by atoms with Gasteiger partial charge in [-0.05, 0) is 48.7 Å². The van der Waals surface area contributed by atoms with Crippen LogP contribution in [0.4, 0.5) is 0 Å². The molecule has 0 fully saturated rings. The van der Waals surface area contributed by atoms with Crippen molar-refractivity contribution in [3.05, 3.63) is 89.0 Å². The van der Waals surface area contributed by atoms with Gasteiger partial charge in [-0.1, -0.05) is 48.0 Å². The van der Waals surface area contributed by atoms with E-state index in [2.05, 4.69) is 0 Å². The van der Waals surface area contributed by atoms with Crippen molar-refractivity contribution in [1.29, 1.82) is 0 Å². The van der Waals surface area contributed by atoms with Crippen molar-refractivity contribution in [2.24, 2.45) is 0 Å². The molecule has 0 amide bonds. The lowest BCUT2D eigenvalue weighted by Gasteiger charge is -2.35. The van der Waals surface area contributed by atoms with Crippen molar-refractivity contribution in [3.8, 4) is 11.5 Å². The molecule has 3 aromatic rings. The van der Waals surface area contributed by atoms with Crippen LogP contribution in [0.2, 0.25) is 0 Å². The van der Waals surface area contributed by atoms with Gasteiger partial charge in [-0.3, -0.25) is 4.79 Å². The zero-order valence-corrected chi connectivity index (χ0v) is 17.8. The zero-order valence-electron chi connectivity index (χ0n) is 16.9. The van der Waals surface area contributed by atoms with Gasteiger partial charge in [0.15, 0.2) is 17.3 Å². The largest absolute Gasteiger partial charge is 0.454 e. The number of ether oxygens (including phenoxy) is 2. The lowest BCUT2D eigenvalue weighted by Crippen LogP contribution is -2.43. The molecule has 31 heavy (non-hydrogen) atoms. The molecule has 0 spiro atoms. The number of aryl methyl sites for hydroxylation is 1. The lowest BCUT2D eigenvalue weighted by atomic mass is 9.89. The maximum Gasteiger partial charge on any atom is 0.244 e. The molecule has 1 unspecified atom stereocenters. The van der Waals surface area contributed by atoms with Crippen LogP contribution in [0.1, 0.15) is 33.1 Å². The van der Waals surface area contributed by atoms with Gasteiger partial charge >= 0.3 is 0 Å². The van der Waals surface area contributed by atoms with Crippen molar-refractivity contribution >= 4 is 15.8 Å².